The van der Waals surface area contributed by atoms with E-state index in [9.17, 15) is 22.5 Å². The summed E-state index contributed by atoms with van der Waals surface area (Å²) in [4.78, 5) is 12.4. The summed E-state index contributed by atoms with van der Waals surface area (Å²) in [6, 6.07) is 0. The van der Waals surface area contributed by atoms with Crippen molar-refractivity contribution in [1.29, 1.82) is 0 Å². The van der Waals surface area contributed by atoms with Gasteiger partial charge in [-0.3, -0.25) is 4.57 Å². The number of hydrogen-bond donors (Lipinski definition) is 0. The number of nitrogens with zero attached hydrogens (tertiary/aromatic N) is 1. The predicted octanol–water partition coefficient (Wildman–Crippen LogP) is 3.04. The average molecular weight is 296 g/mol. The third-order valence-electron chi connectivity index (χ3n) is 1.52. The van der Waals surface area contributed by atoms with Crippen LogP contribution < -0.4 is 0 Å². The molecular weight excluding hydrogens is 286 g/mol. The zero-order valence-corrected chi connectivity index (χ0v) is 10.6. The fourth-order valence-corrected chi connectivity index (χ4v) is 2.79. The van der Waals surface area contributed by atoms with E-state index in [1.807, 2.05) is 0 Å². The Morgan fingerprint density at radius 3 is 1.94 bits per heavy atom. The van der Waals surface area contributed by atoms with Gasteiger partial charge in [-0.1, -0.05) is 11.6 Å². The Bertz CT molecular complexity index is 348. The molecule has 0 spiro atoms. The standard InChI is InChI=1S/C7H10ClF3NO4P/c1-3-15-17(14,16-4-2)6(8,12-5-13)7(9,10)11/h3-4H2,1-2H3. The van der Waals surface area contributed by atoms with E-state index >= 15 is 0 Å². The Morgan fingerprint density at radius 2 is 1.71 bits per heavy atom. The third kappa shape index (κ3) is 3.30. The van der Waals surface area contributed by atoms with Gasteiger partial charge in [-0.2, -0.15) is 18.2 Å². The largest absolute Gasteiger partial charge is 0.440 e. The summed E-state index contributed by atoms with van der Waals surface area (Å²) in [7, 11) is -4.87. The molecule has 0 N–H and O–H groups in total. The molecule has 0 bridgehead atoms. The quantitative estimate of drug-likeness (QED) is 0.248. The molecule has 1 atom stereocenters. The molecule has 17 heavy (non-hydrogen) atoms. The molecule has 0 aromatic heterocycles. The first kappa shape index (κ1) is 16.6. The molecule has 0 heterocycles. The predicted molar refractivity (Wildman–Crippen MR) is 53.6 cm³/mol. The normalized spacial score (nSPS) is 16.1. The van der Waals surface area contributed by atoms with Gasteiger partial charge in [0.05, 0.1) is 13.2 Å². The second kappa shape index (κ2) is 5.98. The van der Waals surface area contributed by atoms with Crippen molar-refractivity contribution in [2.75, 3.05) is 13.2 Å². The smallest absolute Gasteiger partial charge is 0.306 e. The van der Waals surface area contributed by atoms with Crippen molar-refractivity contribution in [3.63, 3.8) is 0 Å². The molecule has 0 rings (SSSR count). The Labute approximate surface area is 100 Å². The van der Waals surface area contributed by atoms with Crippen molar-refractivity contribution in [1.82, 2.24) is 0 Å². The van der Waals surface area contributed by atoms with Crippen LogP contribution in [-0.4, -0.2) is 30.2 Å². The van der Waals surface area contributed by atoms with Crippen LogP contribution in [0, 0.1) is 0 Å². The Morgan fingerprint density at radius 1 is 1.29 bits per heavy atom. The highest BCUT2D eigenvalue weighted by Crippen LogP contribution is 2.68. The second-order valence-electron chi connectivity index (χ2n) is 2.62. The zero-order valence-electron chi connectivity index (χ0n) is 8.95. The number of alkyl halides is 4. The van der Waals surface area contributed by atoms with Gasteiger partial charge in [-0.15, -0.1) is 0 Å². The lowest BCUT2D eigenvalue weighted by molar-refractivity contribution is -0.144. The van der Waals surface area contributed by atoms with Crippen LogP contribution in [0.2, 0.25) is 0 Å². The van der Waals surface area contributed by atoms with Gasteiger partial charge in [0.2, 0.25) is 6.08 Å². The van der Waals surface area contributed by atoms with Crippen molar-refractivity contribution in [2.24, 2.45) is 4.99 Å². The van der Waals surface area contributed by atoms with Crippen molar-refractivity contribution < 1.29 is 31.6 Å². The molecule has 100 valence electrons. The number of aliphatic imine (C=N–C) groups is 1. The maximum atomic E-state index is 12.7. The molecule has 0 aliphatic carbocycles. The molecular formula is C7H10ClF3NO4P. The first-order valence-corrected chi connectivity index (χ1v) is 6.34. The number of carbonyl (C=O) groups excluding carboxylic acids is 1. The van der Waals surface area contributed by atoms with E-state index in [-0.39, 0.29) is 13.2 Å². The van der Waals surface area contributed by atoms with Gasteiger partial charge in [0.1, 0.15) is 0 Å². The molecule has 1 unspecified atom stereocenters. The van der Waals surface area contributed by atoms with E-state index in [0.29, 0.717) is 6.08 Å². The number of isocyanates is 1. The van der Waals surface area contributed by atoms with Crippen LogP contribution in [-0.2, 0) is 18.4 Å². The number of hydrogen-bond acceptors (Lipinski definition) is 5. The summed E-state index contributed by atoms with van der Waals surface area (Å²) in [5.74, 6) is 0. The van der Waals surface area contributed by atoms with Crippen LogP contribution in [0.1, 0.15) is 13.8 Å². The summed E-state index contributed by atoms with van der Waals surface area (Å²) in [6.07, 6.45) is -4.66. The van der Waals surface area contributed by atoms with E-state index in [2.05, 4.69) is 14.0 Å². The summed E-state index contributed by atoms with van der Waals surface area (Å²) in [6.45, 7) is 1.89. The summed E-state index contributed by atoms with van der Waals surface area (Å²) in [5, 5.41) is 0. The summed E-state index contributed by atoms with van der Waals surface area (Å²) in [5.41, 5.74) is 0. The summed E-state index contributed by atoms with van der Waals surface area (Å²) >= 11 is 5.11. The van der Waals surface area contributed by atoms with Gasteiger partial charge in [-0.05, 0) is 13.8 Å². The van der Waals surface area contributed by atoms with Crippen molar-refractivity contribution >= 4 is 25.3 Å². The minimum atomic E-state index is -5.29. The van der Waals surface area contributed by atoms with E-state index in [1.54, 1.807) is 0 Å². The molecule has 0 aliphatic heterocycles. The highest BCUT2D eigenvalue weighted by Gasteiger charge is 2.68. The van der Waals surface area contributed by atoms with Crippen LogP contribution >= 0.6 is 19.2 Å². The minimum absolute atomic E-state index is 0.351. The van der Waals surface area contributed by atoms with Gasteiger partial charge in [-0.25, -0.2) is 4.79 Å². The van der Waals surface area contributed by atoms with Crippen LogP contribution in [0.3, 0.4) is 0 Å². The van der Waals surface area contributed by atoms with Crippen LogP contribution in [0.4, 0.5) is 13.2 Å². The molecule has 0 amide bonds. The van der Waals surface area contributed by atoms with E-state index < -0.39 is 18.5 Å². The Hall–Kier alpha value is -0.390. The molecule has 0 saturated carbocycles. The second-order valence-corrected chi connectivity index (χ2v) is 5.59. The molecule has 5 nitrogen and oxygen atoms in total. The highest BCUT2D eigenvalue weighted by molar-refractivity contribution is 7.57. The Balaban J connectivity index is 5.71. The fourth-order valence-electron chi connectivity index (χ4n) is 0.889. The molecule has 0 aliphatic rings. The maximum Gasteiger partial charge on any atom is 0.440 e. The average Bonchev–Trinajstić information content (AvgIpc) is 2.16. The number of halogens is 4. The minimum Gasteiger partial charge on any atom is -0.306 e. The van der Waals surface area contributed by atoms with Crippen molar-refractivity contribution in [2.45, 2.75) is 24.8 Å². The molecule has 0 saturated heterocycles. The molecule has 0 aromatic rings. The first-order valence-electron chi connectivity index (χ1n) is 4.42. The zero-order chi connectivity index (χ0) is 13.7. The van der Waals surface area contributed by atoms with Gasteiger partial charge >= 0.3 is 18.5 Å². The first-order chi connectivity index (χ1) is 7.68. The van der Waals surface area contributed by atoms with Crippen LogP contribution in [0.15, 0.2) is 4.99 Å². The lowest BCUT2D eigenvalue weighted by Crippen LogP contribution is -2.39. The molecule has 0 aromatic carbocycles. The third-order valence-corrected chi connectivity index (χ3v) is 4.71. The lowest BCUT2D eigenvalue weighted by atomic mass is 10.6. The molecule has 0 fully saturated rings. The number of rotatable bonds is 6. The SMILES string of the molecule is CCOP(=O)(OCC)C(Cl)(N=C=O)C(F)(F)F. The van der Waals surface area contributed by atoms with Gasteiger partial charge in [0.15, 0.2) is 0 Å². The van der Waals surface area contributed by atoms with Gasteiger partial charge in [0, 0.05) is 0 Å². The van der Waals surface area contributed by atoms with Gasteiger partial charge in [0.25, 0.3) is 0 Å². The van der Waals surface area contributed by atoms with E-state index in [1.165, 1.54) is 13.8 Å². The fraction of sp³-hybridized carbons (Fsp3) is 0.857. The Kier molecular flexibility index (Phi) is 5.84. The lowest BCUT2D eigenvalue weighted by Gasteiger charge is -2.30. The van der Waals surface area contributed by atoms with Crippen LogP contribution in [0.5, 0.6) is 0 Å². The van der Waals surface area contributed by atoms with Crippen molar-refractivity contribution in [3.05, 3.63) is 0 Å². The maximum absolute atomic E-state index is 12.7. The molecule has 0 radical (unpaired) electrons. The monoisotopic (exact) mass is 295 g/mol. The van der Waals surface area contributed by atoms with Gasteiger partial charge < -0.3 is 9.05 Å². The molecule has 10 heteroatoms. The highest BCUT2D eigenvalue weighted by atomic mass is 35.5. The van der Waals surface area contributed by atoms with Crippen molar-refractivity contribution in [3.8, 4) is 0 Å². The van der Waals surface area contributed by atoms with Crippen LogP contribution in [0.25, 0.3) is 0 Å². The topological polar surface area (TPSA) is 65.0 Å². The van der Waals surface area contributed by atoms with E-state index in [4.69, 9.17) is 11.6 Å². The van der Waals surface area contributed by atoms with E-state index in [0.717, 1.165) is 0 Å². The summed E-state index contributed by atoms with van der Waals surface area (Å²) < 4.78 is 55.1.